The van der Waals surface area contributed by atoms with Gasteiger partial charge in [-0.1, -0.05) is 6.92 Å². The number of rotatable bonds is 5. The van der Waals surface area contributed by atoms with Crippen LogP contribution in [-0.2, 0) is 4.79 Å². The Balaban J connectivity index is 2.47. The Bertz CT molecular complexity index is 365. The molecule has 88 valence electrons. The van der Waals surface area contributed by atoms with Gasteiger partial charge in [0.25, 0.3) is 0 Å². The van der Waals surface area contributed by atoms with Crippen LogP contribution in [0.3, 0.4) is 0 Å². The lowest BCUT2D eigenvalue weighted by molar-refractivity contribution is -0.119. The van der Waals surface area contributed by atoms with Crippen LogP contribution in [0.15, 0.2) is 12.1 Å². The molecule has 0 aliphatic rings. The van der Waals surface area contributed by atoms with E-state index in [1.807, 2.05) is 19.9 Å². The Morgan fingerprint density at radius 1 is 1.50 bits per heavy atom. The molecule has 1 amide bonds. The Hall–Kier alpha value is -1.78. The predicted molar refractivity (Wildman–Crippen MR) is 65.2 cm³/mol. The lowest BCUT2D eigenvalue weighted by Gasteiger charge is -2.09. The van der Waals surface area contributed by atoms with E-state index in [1.165, 1.54) is 0 Å². The van der Waals surface area contributed by atoms with Crippen LogP contribution in [-0.4, -0.2) is 24.0 Å². The van der Waals surface area contributed by atoms with Gasteiger partial charge >= 0.3 is 0 Å². The zero-order chi connectivity index (χ0) is 12.0. The molecule has 0 aromatic carbocycles. The Morgan fingerprint density at radius 2 is 2.25 bits per heavy atom. The maximum Gasteiger partial charge on any atom is 0.239 e. The molecule has 0 atom stereocenters. The number of carbonyl (C=O) groups is 1. The summed E-state index contributed by atoms with van der Waals surface area (Å²) in [6.45, 7) is 4.77. The number of aryl methyl sites for hydroxylation is 1. The fraction of sp³-hybridized carbons (Fsp3) is 0.455. The van der Waals surface area contributed by atoms with E-state index >= 15 is 0 Å². The molecule has 16 heavy (non-hydrogen) atoms. The van der Waals surface area contributed by atoms with Gasteiger partial charge < -0.3 is 16.4 Å². The number of hydrogen-bond donors (Lipinski definition) is 3. The van der Waals surface area contributed by atoms with Crippen LogP contribution in [0.25, 0.3) is 0 Å². The molecule has 1 rings (SSSR count). The van der Waals surface area contributed by atoms with Gasteiger partial charge in [0.2, 0.25) is 5.91 Å². The summed E-state index contributed by atoms with van der Waals surface area (Å²) in [4.78, 5) is 15.5. The zero-order valence-corrected chi connectivity index (χ0v) is 9.71. The minimum atomic E-state index is -0.0513. The van der Waals surface area contributed by atoms with E-state index in [2.05, 4.69) is 15.6 Å². The van der Waals surface area contributed by atoms with Crippen molar-refractivity contribution in [3.05, 3.63) is 17.8 Å². The first-order valence-electron chi connectivity index (χ1n) is 5.37. The Kier molecular flexibility index (Phi) is 4.57. The summed E-state index contributed by atoms with van der Waals surface area (Å²) in [6, 6.07) is 3.60. The van der Waals surface area contributed by atoms with Crippen molar-refractivity contribution in [2.24, 2.45) is 0 Å². The van der Waals surface area contributed by atoms with Gasteiger partial charge in [-0.25, -0.2) is 4.98 Å². The molecule has 4 N–H and O–H groups in total. The van der Waals surface area contributed by atoms with E-state index in [4.69, 9.17) is 5.73 Å². The highest BCUT2D eigenvalue weighted by Crippen LogP contribution is 2.14. The van der Waals surface area contributed by atoms with Gasteiger partial charge in [-0.2, -0.15) is 0 Å². The smallest absolute Gasteiger partial charge is 0.239 e. The lowest BCUT2D eigenvalue weighted by atomic mass is 10.3. The third kappa shape index (κ3) is 3.76. The summed E-state index contributed by atoms with van der Waals surface area (Å²) in [5, 5.41) is 5.68. The summed E-state index contributed by atoms with van der Waals surface area (Å²) < 4.78 is 0. The second kappa shape index (κ2) is 5.95. The number of nitrogen functional groups attached to an aromatic ring is 1. The molecule has 0 aliphatic carbocycles. The first-order chi connectivity index (χ1) is 7.63. The predicted octanol–water partition coefficient (Wildman–Crippen LogP) is 0.910. The highest BCUT2D eigenvalue weighted by atomic mass is 16.1. The maximum atomic E-state index is 11.3. The van der Waals surface area contributed by atoms with Gasteiger partial charge in [0, 0.05) is 12.2 Å². The van der Waals surface area contributed by atoms with Crippen LogP contribution in [0, 0.1) is 6.92 Å². The summed E-state index contributed by atoms with van der Waals surface area (Å²) in [7, 11) is 0. The van der Waals surface area contributed by atoms with Gasteiger partial charge in [-0.3, -0.25) is 4.79 Å². The summed E-state index contributed by atoms with van der Waals surface area (Å²) in [5.74, 6) is 0.510. The van der Waals surface area contributed by atoms with Gasteiger partial charge in [0.1, 0.15) is 5.82 Å². The summed E-state index contributed by atoms with van der Waals surface area (Å²) in [5.41, 5.74) is 7.14. The Labute approximate surface area is 95.4 Å². The quantitative estimate of drug-likeness (QED) is 0.691. The standard InChI is InChI=1S/C11H18N4O/c1-3-6-13-10(16)7-14-11-9(12)5-4-8(2)15-11/h4-5H,3,6-7,12H2,1-2H3,(H,13,16)(H,14,15). The fourth-order valence-corrected chi connectivity index (χ4v) is 1.20. The summed E-state index contributed by atoms with van der Waals surface area (Å²) in [6.07, 6.45) is 0.927. The minimum absolute atomic E-state index is 0.0513. The molecule has 0 unspecified atom stereocenters. The van der Waals surface area contributed by atoms with Crippen molar-refractivity contribution in [3.8, 4) is 0 Å². The van der Waals surface area contributed by atoms with Crippen LogP contribution in [0.4, 0.5) is 11.5 Å². The molecule has 1 aromatic rings. The van der Waals surface area contributed by atoms with E-state index in [0.29, 0.717) is 18.1 Å². The monoisotopic (exact) mass is 222 g/mol. The van der Waals surface area contributed by atoms with Crippen molar-refractivity contribution in [3.63, 3.8) is 0 Å². The molecule has 0 radical (unpaired) electrons. The molecule has 0 fully saturated rings. The van der Waals surface area contributed by atoms with Crippen molar-refractivity contribution in [2.75, 3.05) is 24.1 Å². The second-order valence-electron chi connectivity index (χ2n) is 3.59. The van der Waals surface area contributed by atoms with Gasteiger partial charge in [-0.15, -0.1) is 0 Å². The van der Waals surface area contributed by atoms with Crippen LogP contribution in [0.2, 0.25) is 0 Å². The number of aromatic nitrogens is 1. The van der Waals surface area contributed by atoms with Gasteiger partial charge in [0.05, 0.1) is 12.2 Å². The average molecular weight is 222 g/mol. The van der Waals surface area contributed by atoms with Crippen LogP contribution in [0.1, 0.15) is 19.0 Å². The molecular weight excluding hydrogens is 204 g/mol. The molecule has 1 aromatic heterocycles. The maximum absolute atomic E-state index is 11.3. The van der Waals surface area contributed by atoms with Crippen LogP contribution >= 0.6 is 0 Å². The number of nitrogens with two attached hydrogens (primary N) is 1. The van der Waals surface area contributed by atoms with E-state index in [9.17, 15) is 4.79 Å². The van der Waals surface area contributed by atoms with Crippen LogP contribution < -0.4 is 16.4 Å². The van der Waals surface area contributed by atoms with E-state index in [0.717, 1.165) is 12.1 Å². The molecule has 5 nitrogen and oxygen atoms in total. The number of hydrogen-bond acceptors (Lipinski definition) is 4. The van der Waals surface area contributed by atoms with E-state index < -0.39 is 0 Å². The first-order valence-corrected chi connectivity index (χ1v) is 5.37. The Morgan fingerprint density at radius 3 is 2.94 bits per heavy atom. The topological polar surface area (TPSA) is 80.0 Å². The van der Waals surface area contributed by atoms with Crippen molar-refractivity contribution in [1.29, 1.82) is 0 Å². The minimum Gasteiger partial charge on any atom is -0.396 e. The molecule has 0 aliphatic heterocycles. The highest BCUT2D eigenvalue weighted by Gasteiger charge is 2.03. The molecule has 0 bridgehead atoms. The van der Waals surface area contributed by atoms with Gasteiger partial charge in [-0.05, 0) is 25.5 Å². The average Bonchev–Trinajstić information content (AvgIpc) is 2.27. The van der Waals surface area contributed by atoms with Crippen LogP contribution in [0.5, 0.6) is 0 Å². The fourth-order valence-electron chi connectivity index (χ4n) is 1.20. The third-order valence-electron chi connectivity index (χ3n) is 2.05. The van der Waals surface area contributed by atoms with E-state index in [1.54, 1.807) is 6.07 Å². The van der Waals surface area contributed by atoms with E-state index in [-0.39, 0.29) is 12.5 Å². The highest BCUT2D eigenvalue weighted by molar-refractivity contribution is 5.81. The number of pyridine rings is 1. The number of amides is 1. The second-order valence-corrected chi connectivity index (χ2v) is 3.59. The molecule has 1 heterocycles. The molecule has 5 heteroatoms. The molecule has 0 saturated heterocycles. The molecule has 0 spiro atoms. The molecular formula is C11H18N4O. The molecule has 0 saturated carbocycles. The summed E-state index contributed by atoms with van der Waals surface area (Å²) >= 11 is 0. The third-order valence-corrected chi connectivity index (χ3v) is 2.05. The number of nitrogens with zero attached hydrogens (tertiary/aromatic N) is 1. The SMILES string of the molecule is CCCNC(=O)CNc1nc(C)ccc1N. The van der Waals surface area contributed by atoms with Crippen molar-refractivity contribution < 1.29 is 4.79 Å². The normalized spacial score (nSPS) is 9.88. The zero-order valence-electron chi connectivity index (χ0n) is 9.71. The van der Waals surface area contributed by atoms with Gasteiger partial charge in [0.15, 0.2) is 0 Å². The number of carbonyl (C=O) groups excluding carboxylic acids is 1. The largest absolute Gasteiger partial charge is 0.396 e. The van der Waals surface area contributed by atoms with Crippen molar-refractivity contribution >= 4 is 17.4 Å². The number of nitrogens with one attached hydrogen (secondary N) is 2. The van der Waals surface area contributed by atoms with Crippen molar-refractivity contribution in [2.45, 2.75) is 20.3 Å². The number of anilines is 2. The first kappa shape index (κ1) is 12.3. The van der Waals surface area contributed by atoms with Crippen molar-refractivity contribution in [1.82, 2.24) is 10.3 Å². The lowest BCUT2D eigenvalue weighted by Crippen LogP contribution is -2.30.